The molecule has 0 aliphatic heterocycles. The van der Waals surface area contributed by atoms with Gasteiger partial charge in [-0.15, -0.1) is 0 Å². The van der Waals surface area contributed by atoms with Crippen molar-refractivity contribution in [2.45, 2.75) is 39.7 Å². The fourth-order valence-electron chi connectivity index (χ4n) is 2.19. The summed E-state index contributed by atoms with van der Waals surface area (Å²) in [6.45, 7) is 7.71. The van der Waals surface area contributed by atoms with Crippen molar-refractivity contribution < 1.29 is 9.47 Å². The summed E-state index contributed by atoms with van der Waals surface area (Å²) in [6, 6.07) is 6.45. The zero-order valence-corrected chi connectivity index (χ0v) is 12.8. The van der Waals surface area contributed by atoms with Crippen molar-refractivity contribution in [1.82, 2.24) is 5.32 Å². The van der Waals surface area contributed by atoms with Crippen molar-refractivity contribution in [3.8, 4) is 11.5 Å². The first-order valence-electron chi connectivity index (χ1n) is 7.12. The van der Waals surface area contributed by atoms with Crippen molar-refractivity contribution in [2.24, 2.45) is 5.92 Å². The predicted molar refractivity (Wildman–Crippen MR) is 80.0 cm³/mol. The molecule has 0 aliphatic carbocycles. The van der Waals surface area contributed by atoms with Crippen LogP contribution in [0.2, 0.25) is 0 Å². The fourth-order valence-corrected chi connectivity index (χ4v) is 2.19. The Hall–Kier alpha value is -1.22. The second kappa shape index (κ2) is 8.05. The molecule has 0 radical (unpaired) electrons. The van der Waals surface area contributed by atoms with E-state index in [9.17, 15) is 0 Å². The molecule has 2 atom stereocenters. The highest BCUT2D eigenvalue weighted by molar-refractivity contribution is 5.40. The SMILES string of the molecule is CCCNC(c1cc(OC)cc(OC)c1)C(C)CC. The maximum Gasteiger partial charge on any atom is 0.122 e. The van der Waals surface area contributed by atoms with Gasteiger partial charge in [0.2, 0.25) is 0 Å². The summed E-state index contributed by atoms with van der Waals surface area (Å²) in [6.07, 6.45) is 2.27. The Kier molecular flexibility index (Phi) is 6.71. The molecule has 0 aliphatic rings. The van der Waals surface area contributed by atoms with E-state index in [0.717, 1.165) is 30.9 Å². The van der Waals surface area contributed by atoms with Crippen LogP contribution in [-0.4, -0.2) is 20.8 Å². The number of methoxy groups -OCH3 is 2. The lowest BCUT2D eigenvalue weighted by Crippen LogP contribution is -2.27. The van der Waals surface area contributed by atoms with Gasteiger partial charge in [-0.1, -0.05) is 27.2 Å². The average Bonchev–Trinajstić information content (AvgIpc) is 2.46. The largest absolute Gasteiger partial charge is 0.497 e. The summed E-state index contributed by atoms with van der Waals surface area (Å²) < 4.78 is 10.7. The van der Waals surface area contributed by atoms with Crippen molar-refractivity contribution >= 4 is 0 Å². The summed E-state index contributed by atoms with van der Waals surface area (Å²) in [5, 5.41) is 3.63. The maximum atomic E-state index is 5.36. The van der Waals surface area contributed by atoms with Crippen molar-refractivity contribution in [3.05, 3.63) is 23.8 Å². The van der Waals surface area contributed by atoms with Crippen LogP contribution in [-0.2, 0) is 0 Å². The summed E-state index contributed by atoms with van der Waals surface area (Å²) in [5.41, 5.74) is 1.24. The van der Waals surface area contributed by atoms with E-state index in [1.54, 1.807) is 14.2 Å². The van der Waals surface area contributed by atoms with Gasteiger partial charge in [-0.05, 0) is 36.6 Å². The Labute approximate surface area is 117 Å². The van der Waals surface area contributed by atoms with Crippen molar-refractivity contribution in [3.63, 3.8) is 0 Å². The Bertz CT molecular complexity index is 357. The van der Waals surface area contributed by atoms with E-state index in [1.807, 2.05) is 6.07 Å². The van der Waals surface area contributed by atoms with E-state index < -0.39 is 0 Å². The van der Waals surface area contributed by atoms with Gasteiger partial charge in [-0.25, -0.2) is 0 Å². The molecular formula is C16H27NO2. The monoisotopic (exact) mass is 265 g/mol. The Morgan fingerprint density at radius 3 is 2.05 bits per heavy atom. The van der Waals surface area contributed by atoms with E-state index in [4.69, 9.17) is 9.47 Å². The molecule has 0 heterocycles. The van der Waals surface area contributed by atoms with Crippen LogP contribution in [0.25, 0.3) is 0 Å². The summed E-state index contributed by atoms with van der Waals surface area (Å²) in [7, 11) is 3.38. The van der Waals surface area contributed by atoms with Gasteiger partial charge in [-0.2, -0.15) is 0 Å². The van der Waals surface area contributed by atoms with E-state index in [-0.39, 0.29) is 0 Å². The summed E-state index contributed by atoms with van der Waals surface area (Å²) in [4.78, 5) is 0. The topological polar surface area (TPSA) is 30.5 Å². The lowest BCUT2D eigenvalue weighted by Gasteiger charge is -2.25. The van der Waals surface area contributed by atoms with Gasteiger partial charge in [0, 0.05) is 12.1 Å². The van der Waals surface area contributed by atoms with Gasteiger partial charge in [0.25, 0.3) is 0 Å². The summed E-state index contributed by atoms with van der Waals surface area (Å²) in [5.74, 6) is 2.27. The molecule has 1 rings (SSSR count). The number of benzene rings is 1. The van der Waals surface area contributed by atoms with Crippen LogP contribution in [0.4, 0.5) is 0 Å². The van der Waals surface area contributed by atoms with Crippen LogP contribution in [0.3, 0.4) is 0 Å². The predicted octanol–water partition coefficient (Wildman–Crippen LogP) is 3.79. The van der Waals surface area contributed by atoms with Crippen LogP contribution in [0.1, 0.15) is 45.2 Å². The van der Waals surface area contributed by atoms with Gasteiger partial charge in [0.1, 0.15) is 11.5 Å². The van der Waals surface area contributed by atoms with Crippen LogP contribution in [0, 0.1) is 5.92 Å². The molecule has 0 aromatic heterocycles. The molecule has 19 heavy (non-hydrogen) atoms. The number of hydrogen-bond acceptors (Lipinski definition) is 3. The molecule has 2 unspecified atom stereocenters. The minimum atomic E-state index is 0.342. The van der Waals surface area contributed by atoms with Gasteiger partial charge in [-0.3, -0.25) is 0 Å². The lowest BCUT2D eigenvalue weighted by molar-refractivity contribution is 0.365. The third-order valence-corrected chi connectivity index (χ3v) is 3.56. The number of nitrogens with one attached hydrogen (secondary N) is 1. The molecular weight excluding hydrogens is 238 g/mol. The highest BCUT2D eigenvalue weighted by Crippen LogP contribution is 2.31. The average molecular weight is 265 g/mol. The highest BCUT2D eigenvalue weighted by Gasteiger charge is 2.18. The normalized spacial score (nSPS) is 13.9. The molecule has 0 saturated heterocycles. The first-order valence-corrected chi connectivity index (χ1v) is 7.12. The molecule has 1 aromatic rings. The first kappa shape index (κ1) is 15.8. The molecule has 1 N–H and O–H groups in total. The molecule has 3 nitrogen and oxygen atoms in total. The molecule has 0 fully saturated rings. The lowest BCUT2D eigenvalue weighted by atomic mass is 9.92. The molecule has 108 valence electrons. The number of hydrogen-bond donors (Lipinski definition) is 1. The van der Waals surface area contributed by atoms with Gasteiger partial charge >= 0.3 is 0 Å². The minimum Gasteiger partial charge on any atom is -0.497 e. The molecule has 0 amide bonds. The van der Waals surface area contributed by atoms with Gasteiger partial charge in [0.15, 0.2) is 0 Å². The van der Waals surface area contributed by atoms with E-state index >= 15 is 0 Å². The summed E-state index contributed by atoms with van der Waals surface area (Å²) >= 11 is 0. The van der Waals surface area contributed by atoms with Gasteiger partial charge < -0.3 is 14.8 Å². The molecule has 1 aromatic carbocycles. The smallest absolute Gasteiger partial charge is 0.122 e. The quantitative estimate of drug-likeness (QED) is 0.775. The number of rotatable bonds is 8. The van der Waals surface area contributed by atoms with Crippen molar-refractivity contribution in [1.29, 1.82) is 0 Å². The standard InChI is InChI=1S/C16H27NO2/c1-6-8-17-16(12(3)7-2)13-9-14(18-4)11-15(10-13)19-5/h9-12,16-17H,6-8H2,1-5H3. The Morgan fingerprint density at radius 2 is 1.63 bits per heavy atom. The van der Waals surface area contributed by atoms with Crippen LogP contribution in [0.5, 0.6) is 11.5 Å². The molecule has 0 bridgehead atoms. The fraction of sp³-hybridized carbons (Fsp3) is 0.625. The minimum absolute atomic E-state index is 0.342. The Balaban J connectivity index is 3.05. The number of ether oxygens (including phenoxy) is 2. The van der Waals surface area contributed by atoms with Crippen LogP contribution < -0.4 is 14.8 Å². The first-order chi connectivity index (χ1) is 9.15. The second-order valence-electron chi connectivity index (χ2n) is 4.96. The van der Waals surface area contributed by atoms with E-state index in [0.29, 0.717) is 12.0 Å². The van der Waals surface area contributed by atoms with Crippen LogP contribution in [0.15, 0.2) is 18.2 Å². The third-order valence-electron chi connectivity index (χ3n) is 3.56. The second-order valence-corrected chi connectivity index (χ2v) is 4.96. The zero-order chi connectivity index (χ0) is 14.3. The van der Waals surface area contributed by atoms with Gasteiger partial charge in [0.05, 0.1) is 14.2 Å². The van der Waals surface area contributed by atoms with E-state index in [2.05, 4.69) is 38.2 Å². The van der Waals surface area contributed by atoms with Crippen LogP contribution >= 0.6 is 0 Å². The molecule has 3 heteroatoms. The molecule has 0 spiro atoms. The highest BCUT2D eigenvalue weighted by atomic mass is 16.5. The van der Waals surface area contributed by atoms with Crippen molar-refractivity contribution in [2.75, 3.05) is 20.8 Å². The zero-order valence-electron chi connectivity index (χ0n) is 12.8. The van der Waals surface area contributed by atoms with E-state index in [1.165, 1.54) is 5.56 Å². The maximum absolute atomic E-state index is 5.36. The third kappa shape index (κ3) is 4.43. The molecule has 0 saturated carbocycles. The Morgan fingerprint density at radius 1 is 1.05 bits per heavy atom.